The largest absolute Gasteiger partial charge is 0.419 e. The van der Waals surface area contributed by atoms with E-state index in [0.717, 1.165) is 0 Å². The van der Waals surface area contributed by atoms with Crippen molar-refractivity contribution in [1.82, 2.24) is 20.0 Å². The Kier molecular flexibility index (Phi) is 7.28. The van der Waals surface area contributed by atoms with Crippen molar-refractivity contribution in [1.29, 1.82) is 0 Å². The minimum Gasteiger partial charge on any atom is -0.381 e. The number of terminal acetylenes is 1. The third-order valence-electron chi connectivity index (χ3n) is 6.84. The van der Waals surface area contributed by atoms with E-state index in [9.17, 15) is 31.5 Å². The van der Waals surface area contributed by atoms with E-state index in [2.05, 4.69) is 16.3 Å². The first-order chi connectivity index (χ1) is 17.4. The molecule has 2 fully saturated rings. The average Bonchev–Trinajstić information content (AvgIpc) is 3.35. The molecule has 3 heterocycles. The summed E-state index contributed by atoms with van der Waals surface area (Å²) in [5.74, 6) is -2.18. The lowest BCUT2D eigenvalue weighted by Crippen LogP contribution is -2.50. The van der Waals surface area contributed by atoms with E-state index in [1.807, 2.05) is 0 Å². The Hall–Kier alpha value is -3.46. The fourth-order valence-electron chi connectivity index (χ4n) is 4.86. The summed E-state index contributed by atoms with van der Waals surface area (Å²) in [5.41, 5.74) is -1.26. The first-order valence-electron chi connectivity index (χ1n) is 11.6. The summed E-state index contributed by atoms with van der Waals surface area (Å²) in [5, 5.41) is 6.72. The molecule has 2 saturated heterocycles. The fourth-order valence-corrected chi connectivity index (χ4v) is 4.86. The molecular weight excluding hydrogens is 499 g/mol. The monoisotopic (exact) mass is 524 g/mol. The molecule has 4 rings (SSSR count). The van der Waals surface area contributed by atoms with Crippen LogP contribution in [0.1, 0.15) is 46.1 Å². The number of amides is 2. The van der Waals surface area contributed by atoms with Gasteiger partial charge in [-0.05, 0) is 37.0 Å². The second kappa shape index (κ2) is 10.1. The van der Waals surface area contributed by atoms with Gasteiger partial charge in [0.1, 0.15) is 23.4 Å². The fraction of sp³-hybridized carbons (Fsp3) is 0.480. The highest BCUT2D eigenvalue weighted by Crippen LogP contribution is 2.37. The summed E-state index contributed by atoms with van der Waals surface area (Å²) in [7, 11) is 1.60. The number of benzene rings is 1. The van der Waals surface area contributed by atoms with Gasteiger partial charge in [-0.1, -0.05) is 0 Å². The molecule has 3 atom stereocenters. The molecule has 0 bridgehead atoms. The Morgan fingerprint density at radius 1 is 1.27 bits per heavy atom. The number of rotatable bonds is 6. The molecule has 0 saturated carbocycles. The van der Waals surface area contributed by atoms with Crippen molar-refractivity contribution in [3.05, 3.63) is 52.3 Å². The van der Waals surface area contributed by atoms with Crippen molar-refractivity contribution < 1.29 is 36.3 Å². The number of halogens is 5. The second-order valence-electron chi connectivity index (χ2n) is 9.42. The quantitative estimate of drug-likeness (QED) is 0.465. The number of aryl methyl sites for hydroxylation is 2. The maximum Gasteiger partial charge on any atom is 0.419 e. The van der Waals surface area contributed by atoms with Gasteiger partial charge in [-0.15, -0.1) is 12.3 Å². The minimum atomic E-state index is -5.08. The standard InChI is InChI=1S/C25H25F5N4O3/c1-4-5-14-6-20(34(10-14)24(36)22-13(2)9-31-33(22)3)23(35)32-21(15-11-37-12-15)16-7-19(27)17(8-18(16)26)25(28,29)30/h1,7-9,14-15,20-21H,5-6,10-12H2,2-3H3,(H,32,35)/t14-,20-,21-/m1/s1. The van der Waals surface area contributed by atoms with Crippen LogP contribution in [0.4, 0.5) is 22.0 Å². The lowest BCUT2D eigenvalue weighted by Gasteiger charge is -2.36. The number of nitrogens with one attached hydrogen (secondary N) is 1. The first kappa shape index (κ1) is 26.6. The highest BCUT2D eigenvalue weighted by atomic mass is 19.4. The number of aromatic nitrogens is 2. The molecule has 1 aromatic carbocycles. The van der Waals surface area contributed by atoms with Gasteiger partial charge in [-0.2, -0.15) is 18.3 Å². The summed E-state index contributed by atoms with van der Waals surface area (Å²) in [6.07, 6.45) is 2.44. The summed E-state index contributed by atoms with van der Waals surface area (Å²) >= 11 is 0. The number of hydrogen-bond donors (Lipinski definition) is 1. The molecule has 0 unspecified atom stereocenters. The Morgan fingerprint density at radius 2 is 1.97 bits per heavy atom. The van der Waals surface area contributed by atoms with E-state index in [0.29, 0.717) is 23.7 Å². The predicted octanol–water partition coefficient (Wildman–Crippen LogP) is 3.38. The topological polar surface area (TPSA) is 76.5 Å². The van der Waals surface area contributed by atoms with Crippen molar-refractivity contribution in [3.63, 3.8) is 0 Å². The molecule has 2 aliphatic heterocycles. The van der Waals surface area contributed by atoms with Gasteiger partial charge in [0.2, 0.25) is 5.91 Å². The summed E-state index contributed by atoms with van der Waals surface area (Å²) in [4.78, 5) is 28.3. The van der Waals surface area contributed by atoms with E-state index in [-0.39, 0.29) is 38.2 Å². The first-order valence-corrected chi connectivity index (χ1v) is 11.6. The SMILES string of the molecule is C#CC[C@@H]1C[C@H](C(=O)N[C@@H](c2cc(F)c(C(F)(F)F)cc2F)C2COC2)N(C(=O)c2c(C)cnn2C)C1. The van der Waals surface area contributed by atoms with Crippen LogP contribution in [0.5, 0.6) is 0 Å². The van der Waals surface area contributed by atoms with E-state index >= 15 is 0 Å². The Balaban J connectivity index is 1.64. The average molecular weight is 524 g/mol. The van der Waals surface area contributed by atoms with Crippen LogP contribution in [0.3, 0.4) is 0 Å². The molecule has 12 heteroatoms. The molecule has 1 aromatic heterocycles. The summed E-state index contributed by atoms with van der Waals surface area (Å²) in [6, 6.07) is -1.60. The maximum atomic E-state index is 14.8. The van der Waals surface area contributed by atoms with Gasteiger partial charge < -0.3 is 15.0 Å². The number of nitrogens with zero attached hydrogens (tertiary/aromatic N) is 3. The van der Waals surface area contributed by atoms with Crippen molar-refractivity contribution in [2.45, 2.75) is 38.0 Å². The van der Waals surface area contributed by atoms with Crippen LogP contribution in [0.2, 0.25) is 0 Å². The van der Waals surface area contributed by atoms with Gasteiger partial charge in [-0.25, -0.2) is 8.78 Å². The maximum absolute atomic E-state index is 14.8. The number of carbonyl (C=O) groups excluding carboxylic acids is 2. The lowest BCUT2D eigenvalue weighted by molar-refractivity contribution is -0.140. The Labute approximate surface area is 209 Å². The number of hydrogen-bond acceptors (Lipinski definition) is 4. The molecule has 0 aliphatic carbocycles. The van der Waals surface area contributed by atoms with Crippen molar-refractivity contribution in [2.24, 2.45) is 18.9 Å². The van der Waals surface area contributed by atoms with Crippen molar-refractivity contribution in [3.8, 4) is 12.3 Å². The molecule has 37 heavy (non-hydrogen) atoms. The summed E-state index contributed by atoms with van der Waals surface area (Å²) < 4.78 is 74.9. The van der Waals surface area contributed by atoms with Crippen molar-refractivity contribution >= 4 is 11.8 Å². The van der Waals surface area contributed by atoms with Gasteiger partial charge in [0, 0.05) is 31.5 Å². The van der Waals surface area contributed by atoms with Crippen LogP contribution in [0.25, 0.3) is 0 Å². The molecule has 0 spiro atoms. The molecule has 1 N–H and O–H groups in total. The second-order valence-corrected chi connectivity index (χ2v) is 9.42. The molecule has 198 valence electrons. The van der Waals surface area contributed by atoms with E-state index in [1.54, 1.807) is 14.0 Å². The molecule has 0 radical (unpaired) electrons. The Bertz CT molecular complexity index is 1230. The van der Waals surface area contributed by atoms with Crippen LogP contribution in [0.15, 0.2) is 18.3 Å². The normalized spacial score (nSPS) is 20.9. The van der Waals surface area contributed by atoms with Gasteiger partial charge in [0.05, 0.1) is 31.0 Å². The molecule has 2 aromatic rings. The zero-order chi connectivity index (χ0) is 27.1. The minimum absolute atomic E-state index is 0.0862. The highest BCUT2D eigenvalue weighted by Gasteiger charge is 2.43. The van der Waals surface area contributed by atoms with Crippen LogP contribution in [-0.4, -0.2) is 52.3 Å². The van der Waals surface area contributed by atoms with Gasteiger partial charge in [-0.3, -0.25) is 14.3 Å². The van der Waals surface area contributed by atoms with Gasteiger partial charge in [0.25, 0.3) is 5.91 Å². The molecular formula is C25H25F5N4O3. The smallest absolute Gasteiger partial charge is 0.381 e. The van der Waals surface area contributed by atoms with E-state index in [4.69, 9.17) is 11.2 Å². The number of likely N-dealkylation sites (tertiary alicyclic amines) is 1. The highest BCUT2D eigenvalue weighted by molar-refractivity contribution is 5.97. The lowest BCUT2D eigenvalue weighted by atomic mass is 9.89. The third kappa shape index (κ3) is 5.18. The number of carbonyl (C=O) groups is 2. The van der Waals surface area contributed by atoms with Gasteiger partial charge >= 0.3 is 6.18 Å². The van der Waals surface area contributed by atoms with E-state index < -0.39 is 58.8 Å². The molecule has 2 amide bonds. The van der Waals surface area contributed by atoms with E-state index in [1.165, 1.54) is 15.8 Å². The molecule has 2 aliphatic rings. The summed E-state index contributed by atoms with van der Waals surface area (Å²) in [6.45, 7) is 2.09. The molecule has 7 nitrogen and oxygen atoms in total. The predicted molar refractivity (Wildman–Crippen MR) is 121 cm³/mol. The number of ether oxygens (including phenoxy) is 1. The zero-order valence-corrected chi connectivity index (χ0v) is 20.1. The Morgan fingerprint density at radius 3 is 2.51 bits per heavy atom. The number of alkyl halides is 3. The zero-order valence-electron chi connectivity index (χ0n) is 20.1. The van der Waals surface area contributed by atoms with Crippen LogP contribution in [-0.2, 0) is 22.8 Å². The third-order valence-corrected chi connectivity index (χ3v) is 6.84. The van der Waals surface area contributed by atoms with Crippen LogP contribution >= 0.6 is 0 Å². The van der Waals surface area contributed by atoms with Crippen LogP contribution < -0.4 is 5.32 Å². The van der Waals surface area contributed by atoms with Gasteiger partial charge in [0.15, 0.2) is 0 Å². The van der Waals surface area contributed by atoms with Crippen LogP contribution in [0, 0.1) is 42.7 Å². The van der Waals surface area contributed by atoms with Crippen molar-refractivity contribution in [2.75, 3.05) is 19.8 Å².